The van der Waals surface area contributed by atoms with E-state index in [-0.39, 0.29) is 0 Å². The van der Waals surface area contributed by atoms with E-state index in [2.05, 4.69) is 26.3 Å². The lowest BCUT2D eigenvalue weighted by molar-refractivity contribution is 0.0904. The Morgan fingerprint density at radius 3 is 2.68 bits per heavy atom. The van der Waals surface area contributed by atoms with Crippen molar-refractivity contribution in [1.29, 1.82) is 5.26 Å². The van der Waals surface area contributed by atoms with Crippen LogP contribution in [0.1, 0.15) is 29.7 Å². The van der Waals surface area contributed by atoms with Gasteiger partial charge in [0.05, 0.1) is 17.2 Å². The van der Waals surface area contributed by atoms with Gasteiger partial charge in [0.15, 0.2) is 5.82 Å². The Labute approximate surface area is 181 Å². The van der Waals surface area contributed by atoms with Crippen LogP contribution in [0.2, 0.25) is 0 Å². The first-order valence-electron chi connectivity index (χ1n) is 10.2. The van der Waals surface area contributed by atoms with Crippen LogP contribution < -0.4 is 15.8 Å². The van der Waals surface area contributed by atoms with Crippen LogP contribution in [0.25, 0.3) is 11.4 Å². The molecule has 8 heteroatoms. The minimum absolute atomic E-state index is 0.322. The average molecular weight is 416 g/mol. The predicted molar refractivity (Wildman–Crippen MR) is 117 cm³/mol. The number of benzene rings is 1. The van der Waals surface area contributed by atoms with Gasteiger partial charge in [-0.25, -0.2) is 15.0 Å². The first-order valence-corrected chi connectivity index (χ1v) is 10.2. The Balaban J connectivity index is 1.64. The summed E-state index contributed by atoms with van der Waals surface area (Å²) in [5.74, 6) is 2.38. The number of nitriles is 1. The van der Waals surface area contributed by atoms with Crippen molar-refractivity contribution in [3.63, 3.8) is 0 Å². The van der Waals surface area contributed by atoms with Gasteiger partial charge in [0, 0.05) is 61.6 Å². The van der Waals surface area contributed by atoms with Crippen LogP contribution in [-0.4, -0.2) is 34.2 Å². The first-order chi connectivity index (χ1) is 15.1. The van der Waals surface area contributed by atoms with Crippen molar-refractivity contribution < 1.29 is 9.47 Å². The van der Waals surface area contributed by atoms with Gasteiger partial charge < -0.3 is 20.5 Å². The molecule has 0 radical (unpaired) electrons. The molecule has 0 atom stereocenters. The van der Waals surface area contributed by atoms with Crippen LogP contribution in [0.4, 0.5) is 5.82 Å². The molecule has 0 unspecified atom stereocenters. The zero-order chi connectivity index (χ0) is 21.6. The van der Waals surface area contributed by atoms with E-state index in [1.165, 1.54) is 0 Å². The van der Waals surface area contributed by atoms with Crippen LogP contribution >= 0.6 is 0 Å². The summed E-state index contributed by atoms with van der Waals surface area (Å²) in [7, 11) is 0. The molecule has 0 amide bonds. The van der Waals surface area contributed by atoms with Gasteiger partial charge in [0.25, 0.3) is 0 Å². The van der Waals surface area contributed by atoms with Gasteiger partial charge in [-0.05, 0) is 38.0 Å². The molecule has 0 aliphatic carbocycles. The Morgan fingerprint density at radius 1 is 1.19 bits per heavy atom. The van der Waals surface area contributed by atoms with Crippen LogP contribution in [0.15, 0.2) is 42.7 Å². The van der Waals surface area contributed by atoms with E-state index >= 15 is 0 Å². The molecule has 3 heterocycles. The SMILES string of the molecule is Cc1cc(Oc2cc(C#N)ccc2-c2ncc(CN)cn2)cc(NC2CCOCC2)n1. The number of nitrogens with two attached hydrogens (primary N) is 1. The molecule has 158 valence electrons. The molecule has 1 aliphatic rings. The van der Waals surface area contributed by atoms with Crippen LogP contribution in [0, 0.1) is 18.3 Å². The Kier molecular flexibility index (Phi) is 6.36. The smallest absolute Gasteiger partial charge is 0.162 e. The number of hydrogen-bond acceptors (Lipinski definition) is 8. The number of rotatable bonds is 6. The Morgan fingerprint density at radius 2 is 1.97 bits per heavy atom. The molecule has 0 bridgehead atoms. The second-order valence-electron chi connectivity index (χ2n) is 7.40. The number of nitrogens with one attached hydrogen (secondary N) is 1. The average Bonchev–Trinajstić information content (AvgIpc) is 2.79. The summed E-state index contributed by atoms with van der Waals surface area (Å²) >= 11 is 0. The minimum Gasteiger partial charge on any atom is -0.456 e. The van der Waals surface area contributed by atoms with E-state index < -0.39 is 0 Å². The van der Waals surface area contributed by atoms with E-state index in [4.69, 9.17) is 15.2 Å². The minimum atomic E-state index is 0.322. The molecule has 4 rings (SSSR count). The summed E-state index contributed by atoms with van der Waals surface area (Å²) in [5, 5.41) is 12.8. The maximum Gasteiger partial charge on any atom is 0.162 e. The molecule has 3 N–H and O–H groups in total. The lowest BCUT2D eigenvalue weighted by Gasteiger charge is -2.24. The number of hydrogen-bond donors (Lipinski definition) is 2. The van der Waals surface area contributed by atoms with E-state index in [0.29, 0.717) is 41.0 Å². The van der Waals surface area contributed by atoms with E-state index in [9.17, 15) is 5.26 Å². The quantitative estimate of drug-likeness (QED) is 0.626. The van der Waals surface area contributed by atoms with Crippen molar-refractivity contribution in [3.05, 3.63) is 59.5 Å². The highest BCUT2D eigenvalue weighted by molar-refractivity contribution is 5.66. The molecular formula is C23H24N6O2. The highest BCUT2D eigenvalue weighted by Crippen LogP contribution is 2.33. The van der Waals surface area contributed by atoms with Crippen molar-refractivity contribution in [2.45, 2.75) is 32.4 Å². The van der Waals surface area contributed by atoms with Gasteiger partial charge in [-0.2, -0.15) is 5.26 Å². The van der Waals surface area contributed by atoms with Crippen molar-refractivity contribution in [3.8, 4) is 29.0 Å². The zero-order valence-corrected chi connectivity index (χ0v) is 17.3. The molecule has 0 saturated carbocycles. The Hall–Kier alpha value is -3.54. The summed E-state index contributed by atoms with van der Waals surface area (Å²) in [4.78, 5) is 13.4. The largest absolute Gasteiger partial charge is 0.456 e. The third-order valence-corrected chi connectivity index (χ3v) is 5.02. The third-order valence-electron chi connectivity index (χ3n) is 5.02. The molecule has 1 saturated heterocycles. The van der Waals surface area contributed by atoms with Crippen molar-refractivity contribution in [2.75, 3.05) is 18.5 Å². The standard InChI is InChI=1S/C23H24N6O2/c1-15-8-19(10-22(28-15)29-18-4-6-30-7-5-18)31-21-9-16(11-24)2-3-20(21)23-26-13-17(12-25)14-27-23/h2-3,8-10,13-14,18H,4-7,12,25H2,1H3,(H,28,29). The van der Waals surface area contributed by atoms with Gasteiger partial charge >= 0.3 is 0 Å². The second-order valence-corrected chi connectivity index (χ2v) is 7.40. The summed E-state index contributed by atoms with van der Waals surface area (Å²) < 4.78 is 11.6. The fraction of sp³-hybridized carbons (Fsp3) is 0.304. The van der Waals surface area contributed by atoms with Gasteiger partial charge in [-0.1, -0.05) is 0 Å². The molecule has 1 fully saturated rings. The summed E-state index contributed by atoms with van der Waals surface area (Å²) in [6, 6.07) is 11.4. The predicted octanol–water partition coefficient (Wildman–Crippen LogP) is 3.56. The maximum absolute atomic E-state index is 9.35. The highest BCUT2D eigenvalue weighted by Gasteiger charge is 2.16. The van der Waals surface area contributed by atoms with E-state index in [1.54, 1.807) is 30.6 Å². The molecule has 0 spiro atoms. The molecule has 3 aromatic rings. The van der Waals surface area contributed by atoms with Crippen LogP contribution in [0.3, 0.4) is 0 Å². The molecule has 31 heavy (non-hydrogen) atoms. The van der Waals surface area contributed by atoms with Gasteiger partial charge in [-0.3, -0.25) is 0 Å². The fourth-order valence-electron chi connectivity index (χ4n) is 3.41. The molecule has 1 aliphatic heterocycles. The molecule has 8 nitrogen and oxygen atoms in total. The van der Waals surface area contributed by atoms with Gasteiger partial charge in [0.1, 0.15) is 17.3 Å². The number of anilines is 1. The number of ether oxygens (including phenoxy) is 2. The second kappa shape index (κ2) is 9.51. The molecule has 2 aromatic heterocycles. The van der Waals surface area contributed by atoms with Crippen molar-refractivity contribution in [1.82, 2.24) is 15.0 Å². The maximum atomic E-state index is 9.35. The van der Waals surface area contributed by atoms with Gasteiger partial charge in [-0.15, -0.1) is 0 Å². The molecular weight excluding hydrogens is 392 g/mol. The number of pyridine rings is 1. The summed E-state index contributed by atoms with van der Waals surface area (Å²) in [6.45, 7) is 3.79. The molecule has 1 aromatic carbocycles. The lowest BCUT2D eigenvalue weighted by Crippen LogP contribution is -2.28. The van der Waals surface area contributed by atoms with E-state index in [1.807, 2.05) is 19.1 Å². The van der Waals surface area contributed by atoms with Gasteiger partial charge in [0.2, 0.25) is 0 Å². The normalized spacial score (nSPS) is 14.1. The Bertz CT molecular complexity index is 1090. The van der Waals surface area contributed by atoms with Crippen molar-refractivity contribution >= 4 is 5.82 Å². The summed E-state index contributed by atoms with van der Waals surface area (Å²) in [5.41, 5.74) is 8.49. The number of nitrogens with zero attached hydrogens (tertiary/aromatic N) is 4. The number of aryl methyl sites for hydroxylation is 1. The fourth-order valence-corrected chi connectivity index (χ4v) is 3.41. The monoisotopic (exact) mass is 416 g/mol. The first kappa shape index (κ1) is 20.7. The van der Waals surface area contributed by atoms with Crippen LogP contribution in [0.5, 0.6) is 11.5 Å². The zero-order valence-electron chi connectivity index (χ0n) is 17.3. The van der Waals surface area contributed by atoms with Crippen molar-refractivity contribution in [2.24, 2.45) is 5.73 Å². The number of aromatic nitrogens is 3. The lowest BCUT2D eigenvalue weighted by atomic mass is 10.1. The third kappa shape index (κ3) is 5.15. The van der Waals surface area contributed by atoms with E-state index in [0.717, 1.165) is 43.1 Å². The summed E-state index contributed by atoms with van der Waals surface area (Å²) in [6.07, 6.45) is 5.26. The van der Waals surface area contributed by atoms with Crippen LogP contribution in [-0.2, 0) is 11.3 Å². The topological polar surface area (TPSA) is 119 Å². The highest BCUT2D eigenvalue weighted by atomic mass is 16.5.